The third-order valence-electron chi connectivity index (χ3n) is 4.67. The standard InChI is InChI=1S/C16H29NO3/c1-12(20-15-7-5-3-4-6-8-15)16(19)17(2)11-13-9-14(18)10-13/h12-15,18H,3-11H2,1-2H3. The molecule has 1 atom stereocenters. The Morgan fingerprint density at radius 3 is 2.40 bits per heavy atom. The van der Waals surface area contributed by atoms with Crippen molar-refractivity contribution in [1.82, 2.24) is 4.90 Å². The smallest absolute Gasteiger partial charge is 0.251 e. The fraction of sp³-hybridized carbons (Fsp3) is 0.938. The Morgan fingerprint density at radius 1 is 1.25 bits per heavy atom. The average molecular weight is 283 g/mol. The minimum absolute atomic E-state index is 0.0793. The van der Waals surface area contributed by atoms with Crippen LogP contribution in [0.4, 0.5) is 0 Å². The highest BCUT2D eigenvalue weighted by Crippen LogP contribution is 2.28. The number of aliphatic hydroxyl groups excluding tert-OH is 1. The van der Waals surface area contributed by atoms with E-state index in [-0.39, 0.29) is 24.2 Å². The summed E-state index contributed by atoms with van der Waals surface area (Å²) in [5, 5.41) is 9.29. The van der Waals surface area contributed by atoms with Crippen LogP contribution >= 0.6 is 0 Å². The maximum Gasteiger partial charge on any atom is 0.251 e. The fourth-order valence-corrected chi connectivity index (χ4v) is 3.36. The van der Waals surface area contributed by atoms with Crippen molar-refractivity contribution in [2.75, 3.05) is 13.6 Å². The molecule has 2 aliphatic rings. The number of carbonyl (C=O) groups excluding carboxylic acids is 1. The van der Waals surface area contributed by atoms with Crippen LogP contribution < -0.4 is 0 Å². The predicted molar refractivity (Wildman–Crippen MR) is 78.4 cm³/mol. The summed E-state index contributed by atoms with van der Waals surface area (Å²) in [4.78, 5) is 14.1. The van der Waals surface area contributed by atoms with E-state index in [2.05, 4.69) is 0 Å². The summed E-state index contributed by atoms with van der Waals surface area (Å²) in [6.07, 6.45) is 8.66. The van der Waals surface area contributed by atoms with E-state index in [0.717, 1.165) is 32.2 Å². The van der Waals surface area contributed by atoms with Gasteiger partial charge in [-0.15, -0.1) is 0 Å². The van der Waals surface area contributed by atoms with Crippen LogP contribution in [0.2, 0.25) is 0 Å². The van der Waals surface area contributed by atoms with Crippen LogP contribution in [0.25, 0.3) is 0 Å². The second kappa shape index (κ2) is 7.41. The summed E-state index contributed by atoms with van der Waals surface area (Å²) in [6.45, 7) is 2.62. The van der Waals surface area contributed by atoms with Crippen molar-refractivity contribution >= 4 is 5.91 Å². The zero-order valence-electron chi connectivity index (χ0n) is 12.9. The van der Waals surface area contributed by atoms with Crippen LogP contribution in [0.5, 0.6) is 0 Å². The summed E-state index contributed by atoms with van der Waals surface area (Å²) in [6, 6.07) is 0. The highest BCUT2D eigenvalue weighted by molar-refractivity contribution is 5.80. The van der Waals surface area contributed by atoms with E-state index in [4.69, 9.17) is 4.74 Å². The van der Waals surface area contributed by atoms with Crippen molar-refractivity contribution < 1.29 is 14.6 Å². The Labute approximate surface area is 122 Å². The Balaban J connectivity index is 1.72. The fourth-order valence-electron chi connectivity index (χ4n) is 3.36. The van der Waals surface area contributed by atoms with Gasteiger partial charge in [-0.25, -0.2) is 0 Å². The van der Waals surface area contributed by atoms with Crippen LogP contribution in [-0.4, -0.2) is 47.8 Å². The van der Waals surface area contributed by atoms with Crippen LogP contribution in [-0.2, 0) is 9.53 Å². The van der Waals surface area contributed by atoms with Crippen molar-refractivity contribution in [2.45, 2.75) is 76.6 Å². The molecule has 1 amide bonds. The molecule has 4 heteroatoms. The Hall–Kier alpha value is -0.610. The topological polar surface area (TPSA) is 49.8 Å². The lowest BCUT2D eigenvalue weighted by molar-refractivity contribution is -0.146. The van der Waals surface area contributed by atoms with Crippen LogP contribution in [0.1, 0.15) is 58.3 Å². The first kappa shape index (κ1) is 15.8. The molecule has 2 saturated carbocycles. The number of nitrogens with zero attached hydrogens (tertiary/aromatic N) is 1. The summed E-state index contributed by atoms with van der Waals surface area (Å²) >= 11 is 0. The first-order valence-electron chi connectivity index (χ1n) is 8.14. The maximum atomic E-state index is 12.3. The van der Waals surface area contributed by atoms with Gasteiger partial charge in [0.2, 0.25) is 0 Å². The summed E-state index contributed by atoms with van der Waals surface area (Å²) in [5.41, 5.74) is 0. The lowest BCUT2D eigenvalue weighted by Gasteiger charge is -2.35. The second-order valence-electron chi connectivity index (χ2n) is 6.60. The number of carbonyl (C=O) groups is 1. The number of hydrogen-bond donors (Lipinski definition) is 1. The van der Waals surface area contributed by atoms with Crippen molar-refractivity contribution in [3.63, 3.8) is 0 Å². The average Bonchev–Trinajstić information content (AvgIpc) is 2.64. The zero-order valence-corrected chi connectivity index (χ0v) is 12.9. The van der Waals surface area contributed by atoms with E-state index in [0.29, 0.717) is 5.92 Å². The third kappa shape index (κ3) is 4.45. The normalized spacial score (nSPS) is 29.4. The maximum absolute atomic E-state index is 12.3. The molecule has 0 bridgehead atoms. The molecule has 20 heavy (non-hydrogen) atoms. The van der Waals surface area contributed by atoms with Gasteiger partial charge < -0.3 is 14.7 Å². The van der Waals surface area contributed by atoms with E-state index >= 15 is 0 Å². The Bertz CT molecular complexity index is 307. The number of likely N-dealkylation sites (N-methyl/N-ethyl adjacent to an activating group) is 1. The lowest BCUT2D eigenvalue weighted by atomic mass is 9.82. The zero-order chi connectivity index (χ0) is 14.5. The number of amides is 1. The first-order valence-corrected chi connectivity index (χ1v) is 8.14. The van der Waals surface area contributed by atoms with E-state index in [1.165, 1.54) is 25.7 Å². The summed E-state index contributed by atoms with van der Waals surface area (Å²) in [5.74, 6) is 0.541. The molecule has 0 aromatic rings. The minimum Gasteiger partial charge on any atom is -0.393 e. The molecule has 0 spiro atoms. The molecule has 116 valence electrons. The highest BCUT2D eigenvalue weighted by atomic mass is 16.5. The Morgan fingerprint density at radius 2 is 1.85 bits per heavy atom. The molecule has 2 fully saturated rings. The summed E-state index contributed by atoms with van der Waals surface area (Å²) in [7, 11) is 1.85. The molecule has 1 N–H and O–H groups in total. The quantitative estimate of drug-likeness (QED) is 0.788. The minimum atomic E-state index is -0.340. The molecule has 0 radical (unpaired) electrons. The van der Waals surface area contributed by atoms with Crippen molar-refractivity contribution in [3.05, 3.63) is 0 Å². The molecule has 2 aliphatic carbocycles. The Kier molecular flexibility index (Phi) is 5.85. The molecule has 0 aromatic heterocycles. The predicted octanol–water partition coefficient (Wildman–Crippen LogP) is 2.34. The second-order valence-corrected chi connectivity index (χ2v) is 6.60. The van der Waals surface area contributed by atoms with Gasteiger partial charge in [0.1, 0.15) is 6.10 Å². The van der Waals surface area contributed by atoms with Crippen molar-refractivity contribution in [3.8, 4) is 0 Å². The van der Waals surface area contributed by atoms with Gasteiger partial charge in [-0.1, -0.05) is 25.7 Å². The highest BCUT2D eigenvalue weighted by Gasteiger charge is 2.30. The third-order valence-corrected chi connectivity index (χ3v) is 4.67. The van der Waals surface area contributed by atoms with Gasteiger partial charge in [-0.05, 0) is 38.5 Å². The molecule has 0 saturated heterocycles. The van der Waals surface area contributed by atoms with Gasteiger partial charge in [0, 0.05) is 13.6 Å². The molecular weight excluding hydrogens is 254 g/mol. The lowest BCUT2D eigenvalue weighted by Crippen LogP contribution is -2.44. The molecule has 4 nitrogen and oxygen atoms in total. The van der Waals surface area contributed by atoms with Crippen molar-refractivity contribution in [1.29, 1.82) is 0 Å². The number of ether oxygens (including phenoxy) is 1. The van der Waals surface area contributed by atoms with Crippen LogP contribution in [0.15, 0.2) is 0 Å². The van der Waals surface area contributed by atoms with E-state index in [9.17, 15) is 9.90 Å². The van der Waals surface area contributed by atoms with E-state index < -0.39 is 0 Å². The van der Waals surface area contributed by atoms with Crippen LogP contribution in [0, 0.1) is 5.92 Å². The molecule has 1 unspecified atom stereocenters. The van der Waals surface area contributed by atoms with Crippen LogP contribution in [0.3, 0.4) is 0 Å². The monoisotopic (exact) mass is 283 g/mol. The summed E-state index contributed by atoms with van der Waals surface area (Å²) < 4.78 is 5.97. The number of hydrogen-bond acceptors (Lipinski definition) is 3. The SMILES string of the molecule is CC(OC1CCCCCC1)C(=O)N(C)CC1CC(O)C1. The molecule has 2 rings (SSSR count). The largest absolute Gasteiger partial charge is 0.393 e. The van der Waals surface area contributed by atoms with Gasteiger partial charge >= 0.3 is 0 Å². The molecule has 0 heterocycles. The molecular formula is C16H29NO3. The number of rotatable bonds is 5. The number of aliphatic hydroxyl groups is 1. The first-order chi connectivity index (χ1) is 9.56. The van der Waals surface area contributed by atoms with E-state index in [1.54, 1.807) is 4.90 Å². The van der Waals surface area contributed by atoms with Gasteiger partial charge in [-0.2, -0.15) is 0 Å². The molecule has 0 aromatic carbocycles. The van der Waals surface area contributed by atoms with Gasteiger partial charge in [0.15, 0.2) is 0 Å². The van der Waals surface area contributed by atoms with Gasteiger partial charge in [-0.3, -0.25) is 4.79 Å². The van der Waals surface area contributed by atoms with Gasteiger partial charge in [0.05, 0.1) is 12.2 Å². The molecule has 0 aliphatic heterocycles. The van der Waals surface area contributed by atoms with E-state index in [1.807, 2.05) is 14.0 Å². The van der Waals surface area contributed by atoms with Gasteiger partial charge in [0.25, 0.3) is 5.91 Å². The van der Waals surface area contributed by atoms with Crippen molar-refractivity contribution in [2.24, 2.45) is 5.92 Å².